The maximum atomic E-state index is 12.2. The second-order valence-corrected chi connectivity index (χ2v) is 7.21. The van der Waals surface area contributed by atoms with Gasteiger partial charge in [-0.1, -0.05) is 30.3 Å². The van der Waals surface area contributed by atoms with Gasteiger partial charge in [0, 0.05) is 17.7 Å². The highest BCUT2D eigenvalue weighted by Gasteiger charge is 2.32. The van der Waals surface area contributed by atoms with Gasteiger partial charge in [0.05, 0.1) is 11.0 Å². The van der Waals surface area contributed by atoms with Gasteiger partial charge in [-0.15, -0.1) is 0 Å². The van der Waals surface area contributed by atoms with Gasteiger partial charge in [-0.2, -0.15) is 0 Å². The molecule has 0 spiro atoms. The largest absolute Gasteiger partial charge is 0.270 e. The molecular formula is C16H15N3O4S. The monoisotopic (exact) mass is 345 g/mol. The normalized spacial score (nSPS) is 18.0. The molecule has 124 valence electrons. The summed E-state index contributed by atoms with van der Waals surface area (Å²) in [4.78, 5) is 14.5. The molecular weight excluding hydrogens is 330 g/mol. The van der Waals surface area contributed by atoms with Crippen LogP contribution >= 0.6 is 0 Å². The minimum atomic E-state index is -3.81. The maximum Gasteiger partial charge on any atom is 0.270 e. The predicted octanol–water partition coefficient (Wildman–Crippen LogP) is 2.26. The topological polar surface area (TPSA) is 102 Å². The molecule has 0 aromatic heterocycles. The smallest absolute Gasteiger partial charge is 0.264 e. The molecule has 3 rings (SSSR count). The van der Waals surface area contributed by atoms with Gasteiger partial charge in [-0.05, 0) is 25.0 Å². The lowest BCUT2D eigenvalue weighted by molar-refractivity contribution is -0.385. The number of hydrogen-bond donors (Lipinski definition) is 1. The molecule has 1 heterocycles. The van der Waals surface area contributed by atoms with Gasteiger partial charge in [0.2, 0.25) is 0 Å². The van der Waals surface area contributed by atoms with Gasteiger partial charge >= 0.3 is 0 Å². The Hall–Kier alpha value is -2.74. The molecule has 1 aliphatic heterocycles. The summed E-state index contributed by atoms with van der Waals surface area (Å²) in [7, 11) is -3.81. The molecule has 7 nitrogen and oxygen atoms in total. The zero-order chi connectivity index (χ0) is 17.3. The summed E-state index contributed by atoms with van der Waals surface area (Å²) in [5, 5.41) is 10.8. The molecule has 0 fully saturated rings. The number of nitro benzene ring substituents is 1. The van der Waals surface area contributed by atoms with E-state index in [1.807, 2.05) is 37.3 Å². The first kappa shape index (κ1) is 16.1. The average molecular weight is 345 g/mol. The molecule has 2 aromatic carbocycles. The fraction of sp³-hybridized carbons (Fsp3) is 0.188. The van der Waals surface area contributed by atoms with Crippen molar-refractivity contribution in [2.24, 2.45) is 4.99 Å². The number of nitrogens with one attached hydrogen (secondary N) is 1. The minimum Gasteiger partial charge on any atom is -0.264 e. The Morgan fingerprint density at radius 2 is 1.92 bits per heavy atom. The first-order valence-electron chi connectivity index (χ1n) is 7.30. The fourth-order valence-electron chi connectivity index (χ4n) is 2.60. The van der Waals surface area contributed by atoms with Crippen LogP contribution in [-0.4, -0.2) is 25.2 Å². The van der Waals surface area contributed by atoms with Crippen LogP contribution < -0.4 is 4.72 Å². The minimum absolute atomic E-state index is 0.109. The summed E-state index contributed by atoms with van der Waals surface area (Å²) in [6.07, 6.45) is 0.661. The third-order valence-electron chi connectivity index (χ3n) is 3.68. The number of nitro groups is 1. The molecule has 0 saturated heterocycles. The van der Waals surface area contributed by atoms with E-state index in [9.17, 15) is 18.5 Å². The fourth-order valence-corrected chi connectivity index (χ4v) is 3.85. The van der Waals surface area contributed by atoms with Gasteiger partial charge in [-0.25, -0.2) is 8.42 Å². The number of non-ortho nitro benzene ring substituents is 1. The highest BCUT2D eigenvalue weighted by atomic mass is 32.2. The molecule has 24 heavy (non-hydrogen) atoms. The summed E-state index contributed by atoms with van der Waals surface area (Å²) in [5.41, 5.74) is 1.19. The van der Waals surface area contributed by atoms with Crippen molar-refractivity contribution >= 4 is 21.5 Å². The van der Waals surface area contributed by atoms with E-state index >= 15 is 0 Å². The van der Waals surface area contributed by atoms with E-state index < -0.39 is 14.9 Å². The van der Waals surface area contributed by atoms with Crippen molar-refractivity contribution in [3.63, 3.8) is 0 Å². The van der Waals surface area contributed by atoms with E-state index in [0.717, 1.165) is 11.6 Å². The van der Waals surface area contributed by atoms with Crippen LogP contribution in [0.15, 0.2) is 58.4 Å². The number of benzene rings is 2. The average Bonchev–Trinajstić information content (AvgIpc) is 2.78. The van der Waals surface area contributed by atoms with Crippen LogP contribution in [0.1, 0.15) is 18.1 Å². The molecule has 0 aliphatic carbocycles. The zero-order valence-corrected chi connectivity index (χ0v) is 13.7. The summed E-state index contributed by atoms with van der Waals surface area (Å²) in [6.45, 7) is 1.89. The number of nitrogens with zero attached hydrogens (tertiary/aromatic N) is 2. The Morgan fingerprint density at radius 3 is 2.58 bits per heavy atom. The SMILES string of the molecule is C[C@@H](Cc1ccccc1)N=C1NS(=O)(=O)c2cc([N+](=O)[O-])ccc21. The second-order valence-electron chi connectivity index (χ2n) is 5.56. The number of sulfonamides is 1. The van der Waals surface area contributed by atoms with Crippen molar-refractivity contribution in [3.8, 4) is 0 Å². The van der Waals surface area contributed by atoms with Gasteiger partial charge < -0.3 is 0 Å². The summed E-state index contributed by atoms with van der Waals surface area (Å²) in [5.74, 6) is 0.225. The molecule has 0 radical (unpaired) electrons. The Labute approximate surface area is 139 Å². The maximum absolute atomic E-state index is 12.2. The summed E-state index contributed by atoms with van der Waals surface area (Å²) >= 11 is 0. The number of fused-ring (bicyclic) bond motifs is 1. The molecule has 0 unspecified atom stereocenters. The Morgan fingerprint density at radius 1 is 1.21 bits per heavy atom. The summed E-state index contributed by atoms with van der Waals surface area (Å²) < 4.78 is 26.7. The molecule has 0 bridgehead atoms. The molecule has 8 heteroatoms. The standard InChI is InChI=1S/C16H15N3O4S/c1-11(9-12-5-3-2-4-6-12)17-16-14-8-7-13(19(20)21)10-15(14)24(22,23)18-16/h2-8,10-11H,9H2,1H3,(H,17,18)/t11-/m0/s1. The zero-order valence-electron chi connectivity index (χ0n) is 12.8. The van der Waals surface area contributed by atoms with E-state index in [4.69, 9.17) is 0 Å². The van der Waals surface area contributed by atoms with Crippen molar-refractivity contribution in [3.05, 3.63) is 69.8 Å². The van der Waals surface area contributed by atoms with Crippen LogP contribution in [0.5, 0.6) is 0 Å². The Bertz CT molecular complexity index is 924. The van der Waals surface area contributed by atoms with E-state index in [1.54, 1.807) is 0 Å². The van der Waals surface area contributed by atoms with Crippen LogP contribution in [0.2, 0.25) is 0 Å². The summed E-state index contributed by atoms with van der Waals surface area (Å²) in [6, 6.07) is 13.4. The molecule has 1 atom stereocenters. The van der Waals surface area contributed by atoms with Crippen molar-refractivity contribution in [1.29, 1.82) is 0 Å². The van der Waals surface area contributed by atoms with Gasteiger partial charge in [0.15, 0.2) is 0 Å². The van der Waals surface area contributed by atoms with E-state index in [2.05, 4.69) is 9.71 Å². The highest BCUT2D eigenvalue weighted by molar-refractivity contribution is 7.90. The first-order chi connectivity index (χ1) is 11.4. The first-order valence-corrected chi connectivity index (χ1v) is 8.78. The van der Waals surface area contributed by atoms with Crippen molar-refractivity contribution in [1.82, 2.24) is 4.72 Å². The lowest BCUT2D eigenvalue weighted by Crippen LogP contribution is -2.24. The van der Waals surface area contributed by atoms with E-state index in [1.165, 1.54) is 12.1 Å². The second kappa shape index (κ2) is 6.04. The number of amidine groups is 1. The van der Waals surface area contributed by atoms with E-state index in [-0.39, 0.29) is 22.5 Å². The van der Waals surface area contributed by atoms with Gasteiger partial charge in [-0.3, -0.25) is 19.8 Å². The highest BCUT2D eigenvalue weighted by Crippen LogP contribution is 2.27. The third kappa shape index (κ3) is 3.13. The molecule has 2 aromatic rings. The predicted molar refractivity (Wildman–Crippen MR) is 89.6 cm³/mol. The van der Waals surface area contributed by atoms with Crippen LogP contribution in [0.25, 0.3) is 0 Å². The molecule has 1 N–H and O–H groups in total. The van der Waals surface area contributed by atoms with Crippen LogP contribution in [0, 0.1) is 10.1 Å². The molecule has 1 aliphatic rings. The van der Waals surface area contributed by atoms with Gasteiger partial charge in [0.1, 0.15) is 10.7 Å². The lowest BCUT2D eigenvalue weighted by Gasteiger charge is -2.08. The van der Waals surface area contributed by atoms with Crippen molar-refractivity contribution in [2.45, 2.75) is 24.3 Å². The van der Waals surface area contributed by atoms with E-state index in [0.29, 0.717) is 12.0 Å². The number of hydrogen-bond acceptors (Lipinski definition) is 5. The van der Waals surface area contributed by atoms with Crippen molar-refractivity contribution < 1.29 is 13.3 Å². The lowest BCUT2D eigenvalue weighted by atomic mass is 10.1. The van der Waals surface area contributed by atoms with Gasteiger partial charge in [0.25, 0.3) is 15.7 Å². The third-order valence-corrected chi connectivity index (χ3v) is 5.05. The van der Waals surface area contributed by atoms with Crippen LogP contribution in [-0.2, 0) is 16.4 Å². The van der Waals surface area contributed by atoms with Crippen LogP contribution in [0.4, 0.5) is 5.69 Å². The number of rotatable bonds is 4. The molecule has 0 amide bonds. The number of aliphatic imine (C=N–C) groups is 1. The Kier molecular flexibility index (Phi) is 4.06. The Balaban J connectivity index is 1.93. The molecule has 0 saturated carbocycles. The van der Waals surface area contributed by atoms with Crippen LogP contribution in [0.3, 0.4) is 0 Å². The quantitative estimate of drug-likeness (QED) is 0.678. The van der Waals surface area contributed by atoms with Crippen molar-refractivity contribution in [2.75, 3.05) is 0 Å².